The van der Waals surface area contributed by atoms with Gasteiger partial charge in [0.1, 0.15) is 5.75 Å². The first-order valence-electron chi connectivity index (χ1n) is 6.07. The molecule has 2 aliphatic heterocycles. The van der Waals surface area contributed by atoms with Crippen molar-refractivity contribution < 1.29 is 4.74 Å². The van der Waals surface area contributed by atoms with E-state index < -0.39 is 5.72 Å². The average molecular weight is 406 g/mol. The second-order valence-electron chi connectivity index (χ2n) is 5.24. The molecule has 3 rings (SSSR count). The molecule has 2 aliphatic rings. The predicted octanol–water partition coefficient (Wildman–Crippen LogP) is 3.82. The third-order valence-electron chi connectivity index (χ3n) is 4.28. The van der Waals surface area contributed by atoms with E-state index >= 15 is 0 Å². The molecule has 1 saturated heterocycles. The first-order chi connectivity index (χ1) is 8.84. The Hall–Kier alpha value is -0.330. The molecule has 1 fully saturated rings. The van der Waals surface area contributed by atoms with Gasteiger partial charge in [-0.3, -0.25) is 0 Å². The van der Waals surface area contributed by atoms with Crippen molar-refractivity contribution in [2.45, 2.75) is 25.6 Å². The van der Waals surface area contributed by atoms with Crippen LogP contribution in [0.1, 0.15) is 25.5 Å². The SMILES string of the molecule is CC1C2NC(=S)N(C)C1(C)Oc1c(Br)cc(Br)cc12. The van der Waals surface area contributed by atoms with E-state index in [1.807, 2.05) is 18.0 Å². The van der Waals surface area contributed by atoms with Crippen LogP contribution in [0.2, 0.25) is 0 Å². The lowest BCUT2D eigenvalue weighted by Crippen LogP contribution is -2.67. The molecule has 2 bridgehead atoms. The van der Waals surface area contributed by atoms with Gasteiger partial charge in [-0.05, 0) is 47.2 Å². The van der Waals surface area contributed by atoms with Crippen LogP contribution < -0.4 is 10.1 Å². The third-order valence-corrected chi connectivity index (χ3v) is 5.71. The summed E-state index contributed by atoms with van der Waals surface area (Å²) in [6.45, 7) is 4.28. The Morgan fingerprint density at radius 2 is 2.11 bits per heavy atom. The Labute approximate surface area is 134 Å². The van der Waals surface area contributed by atoms with E-state index in [4.69, 9.17) is 17.0 Å². The molecule has 0 aliphatic carbocycles. The van der Waals surface area contributed by atoms with Crippen LogP contribution >= 0.6 is 44.1 Å². The fraction of sp³-hybridized carbons (Fsp3) is 0.462. The molecular weight excluding hydrogens is 392 g/mol. The molecule has 0 spiro atoms. The van der Waals surface area contributed by atoms with Gasteiger partial charge in [-0.1, -0.05) is 22.9 Å². The van der Waals surface area contributed by atoms with E-state index in [1.54, 1.807) is 0 Å². The van der Waals surface area contributed by atoms with Gasteiger partial charge in [0, 0.05) is 23.0 Å². The van der Waals surface area contributed by atoms with Crippen molar-refractivity contribution in [1.82, 2.24) is 10.2 Å². The highest BCUT2D eigenvalue weighted by Crippen LogP contribution is 2.50. The van der Waals surface area contributed by atoms with Gasteiger partial charge in [-0.15, -0.1) is 0 Å². The van der Waals surface area contributed by atoms with Gasteiger partial charge < -0.3 is 15.0 Å². The van der Waals surface area contributed by atoms with Crippen LogP contribution in [0.3, 0.4) is 0 Å². The van der Waals surface area contributed by atoms with Crippen LogP contribution in [0, 0.1) is 5.92 Å². The summed E-state index contributed by atoms with van der Waals surface area (Å²) in [5, 5.41) is 4.15. The summed E-state index contributed by atoms with van der Waals surface area (Å²) in [7, 11) is 1.97. The number of benzene rings is 1. The summed E-state index contributed by atoms with van der Waals surface area (Å²) in [4.78, 5) is 2.00. The Morgan fingerprint density at radius 1 is 1.42 bits per heavy atom. The smallest absolute Gasteiger partial charge is 0.186 e. The summed E-state index contributed by atoms with van der Waals surface area (Å²) in [6, 6.07) is 4.28. The van der Waals surface area contributed by atoms with E-state index in [0.29, 0.717) is 0 Å². The number of fused-ring (bicyclic) bond motifs is 4. The molecule has 6 heteroatoms. The van der Waals surface area contributed by atoms with Gasteiger partial charge in [0.25, 0.3) is 0 Å². The van der Waals surface area contributed by atoms with Crippen molar-refractivity contribution in [2.75, 3.05) is 7.05 Å². The Bertz CT molecular complexity index is 580. The van der Waals surface area contributed by atoms with E-state index in [0.717, 1.165) is 25.4 Å². The minimum atomic E-state index is -0.420. The number of thiocarbonyl (C=S) groups is 1. The second kappa shape index (κ2) is 4.33. The maximum Gasteiger partial charge on any atom is 0.186 e. The summed E-state index contributed by atoms with van der Waals surface area (Å²) in [6.07, 6.45) is 0. The van der Waals surface area contributed by atoms with Crippen molar-refractivity contribution in [3.05, 3.63) is 26.6 Å². The molecule has 0 amide bonds. The molecule has 1 aromatic carbocycles. The second-order valence-corrected chi connectivity index (χ2v) is 7.39. The van der Waals surface area contributed by atoms with Crippen molar-refractivity contribution in [2.24, 2.45) is 5.92 Å². The molecule has 0 radical (unpaired) electrons. The Balaban J connectivity index is 2.22. The van der Waals surface area contributed by atoms with Gasteiger partial charge in [0.15, 0.2) is 10.8 Å². The fourth-order valence-corrected chi connectivity index (χ4v) is 4.45. The van der Waals surface area contributed by atoms with Crippen LogP contribution in [0.15, 0.2) is 21.1 Å². The van der Waals surface area contributed by atoms with E-state index in [1.165, 1.54) is 0 Å². The van der Waals surface area contributed by atoms with Crippen LogP contribution in [0.5, 0.6) is 5.75 Å². The first kappa shape index (κ1) is 13.6. The lowest BCUT2D eigenvalue weighted by molar-refractivity contribution is -0.100. The highest BCUT2D eigenvalue weighted by molar-refractivity contribution is 9.11. The molecule has 102 valence electrons. The number of hydrogen-bond acceptors (Lipinski definition) is 2. The molecule has 19 heavy (non-hydrogen) atoms. The fourth-order valence-electron chi connectivity index (χ4n) is 2.81. The van der Waals surface area contributed by atoms with Gasteiger partial charge in [-0.25, -0.2) is 0 Å². The monoisotopic (exact) mass is 404 g/mol. The van der Waals surface area contributed by atoms with Gasteiger partial charge in [0.2, 0.25) is 0 Å². The molecule has 0 aromatic heterocycles. The normalized spacial score (nSPS) is 32.5. The number of nitrogens with zero attached hydrogens (tertiary/aromatic N) is 1. The molecule has 3 nitrogen and oxygen atoms in total. The van der Waals surface area contributed by atoms with Crippen molar-refractivity contribution in [3.8, 4) is 5.75 Å². The van der Waals surface area contributed by atoms with Gasteiger partial charge in [-0.2, -0.15) is 0 Å². The topological polar surface area (TPSA) is 24.5 Å². The quantitative estimate of drug-likeness (QED) is 0.663. The van der Waals surface area contributed by atoms with Gasteiger partial charge >= 0.3 is 0 Å². The molecular formula is C13H14Br2N2OS. The zero-order valence-electron chi connectivity index (χ0n) is 10.8. The number of ether oxygens (including phenoxy) is 1. The summed E-state index contributed by atoms with van der Waals surface area (Å²) in [5.41, 5.74) is 0.720. The lowest BCUT2D eigenvalue weighted by atomic mass is 9.81. The number of halogens is 2. The minimum absolute atomic E-state index is 0.172. The minimum Gasteiger partial charge on any atom is -0.466 e. The number of rotatable bonds is 0. The predicted molar refractivity (Wildman–Crippen MR) is 86.3 cm³/mol. The van der Waals surface area contributed by atoms with E-state index in [9.17, 15) is 0 Å². The van der Waals surface area contributed by atoms with Crippen LogP contribution in [0.4, 0.5) is 0 Å². The van der Waals surface area contributed by atoms with E-state index in [2.05, 4.69) is 57.1 Å². The first-order valence-corrected chi connectivity index (χ1v) is 8.06. The molecule has 1 N–H and O–H groups in total. The van der Waals surface area contributed by atoms with E-state index in [-0.39, 0.29) is 12.0 Å². The van der Waals surface area contributed by atoms with Crippen LogP contribution in [0.25, 0.3) is 0 Å². The standard InChI is InChI=1S/C13H14Br2N2OS/c1-6-10-8-4-7(14)5-9(15)11(8)18-13(6,2)17(3)12(19)16-10/h4-6,10H,1-3H3,(H,16,19). The van der Waals surface area contributed by atoms with Crippen molar-refractivity contribution in [1.29, 1.82) is 0 Å². The largest absolute Gasteiger partial charge is 0.466 e. The van der Waals surface area contributed by atoms with Gasteiger partial charge in [0.05, 0.1) is 10.5 Å². The van der Waals surface area contributed by atoms with Crippen LogP contribution in [-0.2, 0) is 0 Å². The maximum absolute atomic E-state index is 6.30. The molecule has 2 heterocycles. The maximum atomic E-state index is 6.30. The summed E-state index contributed by atoms with van der Waals surface area (Å²) < 4.78 is 8.29. The zero-order valence-corrected chi connectivity index (χ0v) is 14.8. The van der Waals surface area contributed by atoms with Crippen molar-refractivity contribution >= 4 is 49.2 Å². The summed E-state index contributed by atoms with van der Waals surface area (Å²) in [5.74, 6) is 1.19. The highest BCUT2D eigenvalue weighted by atomic mass is 79.9. The zero-order chi connectivity index (χ0) is 13.9. The lowest BCUT2D eigenvalue weighted by Gasteiger charge is -2.55. The molecule has 3 unspecified atom stereocenters. The molecule has 0 saturated carbocycles. The summed E-state index contributed by atoms with van der Waals surface area (Å²) >= 11 is 12.5. The number of nitrogens with one attached hydrogen (secondary N) is 1. The highest BCUT2D eigenvalue weighted by Gasteiger charge is 2.52. The average Bonchev–Trinajstić information content (AvgIpc) is 2.34. The third kappa shape index (κ3) is 1.83. The molecule has 1 aromatic rings. The van der Waals surface area contributed by atoms with Crippen LogP contribution in [-0.4, -0.2) is 22.8 Å². The Kier molecular flexibility index (Phi) is 3.11. The van der Waals surface area contributed by atoms with Crippen molar-refractivity contribution in [3.63, 3.8) is 0 Å². The number of hydrogen-bond donors (Lipinski definition) is 1. The molecule has 3 atom stereocenters. The Morgan fingerprint density at radius 3 is 2.79 bits per heavy atom.